The lowest BCUT2D eigenvalue weighted by Gasteiger charge is -2.13. The third kappa shape index (κ3) is 4.02. The van der Waals surface area contributed by atoms with Crippen molar-refractivity contribution in [3.8, 4) is 0 Å². The summed E-state index contributed by atoms with van der Waals surface area (Å²) in [5, 5.41) is 12.3. The van der Waals surface area contributed by atoms with E-state index in [4.69, 9.17) is 5.11 Å². The van der Waals surface area contributed by atoms with Crippen molar-refractivity contribution in [1.82, 2.24) is 5.32 Å². The Bertz CT molecular complexity index is 264. The summed E-state index contributed by atoms with van der Waals surface area (Å²) < 4.78 is 0. The van der Waals surface area contributed by atoms with Crippen molar-refractivity contribution in [2.24, 2.45) is 0 Å². The van der Waals surface area contributed by atoms with Gasteiger partial charge in [0.15, 0.2) is 0 Å². The van der Waals surface area contributed by atoms with Crippen LogP contribution in [-0.4, -0.2) is 17.8 Å². The third-order valence-corrected chi connectivity index (χ3v) is 2.74. The summed E-state index contributed by atoms with van der Waals surface area (Å²) in [7, 11) is 0. The lowest BCUT2D eigenvalue weighted by molar-refractivity contribution is 0.238. The van der Waals surface area contributed by atoms with Crippen LogP contribution in [0.25, 0.3) is 0 Å². The van der Waals surface area contributed by atoms with Gasteiger partial charge in [-0.15, -0.1) is 0 Å². The van der Waals surface area contributed by atoms with E-state index in [1.807, 2.05) is 0 Å². The molecule has 0 heterocycles. The lowest BCUT2D eigenvalue weighted by atomic mass is 10.1. The van der Waals surface area contributed by atoms with Gasteiger partial charge in [-0.25, -0.2) is 0 Å². The highest BCUT2D eigenvalue weighted by molar-refractivity contribution is 5.22. The first-order valence-electron chi connectivity index (χ1n) is 5.72. The Balaban J connectivity index is 2.43. The average molecular weight is 207 g/mol. The fourth-order valence-corrected chi connectivity index (χ4v) is 1.49. The molecule has 2 heteroatoms. The molecule has 0 saturated heterocycles. The second-order valence-electron chi connectivity index (χ2n) is 3.84. The van der Waals surface area contributed by atoms with Crippen LogP contribution in [0.1, 0.15) is 31.4 Å². The van der Waals surface area contributed by atoms with Crippen LogP contribution in [0.3, 0.4) is 0 Å². The van der Waals surface area contributed by atoms with Crippen LogP contribution < -0.4 is 5.32 Å². The van der Waals surface area contributed by atoms with E-state index < -0.39 is 0 Å². The lowest BCUT2D eigenvalue weighted by Crippen LogP contribution is -2.31. The van der Waals surface area contributed by atoms with E-state index in [1.54, 1.807) is 0 Å². The minimum absolute atomic E-state index is 0.212. The van der Waals surface area contributed by atoms with Crippen molar-refractivity contribution in [1.29, 1.82) is 0 Å². The quantitative estimate of drug-likeness (QED) is 0.749. The number of aliphatic hydroxyl groups is 1. The second kappa shape index (κ2) is 6.59. The first kappa shape index (κ1) is 12.2. The first-order valence-corrected chi connectivity index (χ1v) is 5.72. The minimum atomic E-state index is 0.212. The highest BCUT2D eigenvalue weighted by atomic mass is 16.3. The van der Waals surface area contributed by atoms with Gasteiger partial charge >= 0.3 is 0 Å². The topological polar surface area (TPSA) is 32.3 Å². The zero-order valence-electron chi connectivity index (χ0n) is 9.66. The molecule has 1 aromatic carbocycles. The molecule has 0 aliphatic carbocycles. The number of hydrogen-bond donors (Lipinski definition) is 2. The van der Waals surface area contributed by atoms with E-state index in [1.165, 1.54) is 11.1 Å². The van der Waals surface area contributed by atoms with Crippen LogP contribution in [0.5, 0.6) is 0 Å². The third-order valence-electron chi connectivity index (χ3n) is 2.74. The van der Waals surface area contributed by atoms with Crippen molar-refractivity contribution in [2.75, 3.05) is 6.61 Å². The standard InChI is InChI=1S/C13H21NO/c1-3-11-5-7-12(8-6-11)9-14-13(4-2)10-15/h5-8,13-15H,3-4,9-10H2,1-2H3/t13-/m1/s1. The van der Waals surface area contributed by atoms with E-state index in [0.29, 0.717) is 0 Å². The SMILES string of the molecule is CCc1ccc(CN[C@H](CC)CO)cc1. The molecule has 0 aromatic heterocycles. The van der Waals surface area contributed by atoms with Gasteiger partial charge in [0.05, 0.1) is 6.61 Å². The maximum Gasteiger partial charge on any atom is 0.0584 e. The fraction of sp³-hybridized carbons (Fsp3) is 0.538. The van der Waals surface area contributed by atoms with Crippen LogP contribution in [-0.2, 0) is 13.0 Å². The zero-order chi connectivity index (χ0) is 11.1. The van der Waals surface area contributed by atoms with E-state index in [0.717, 1.165) is 19.4 Å². The summed E-state index contributed by atoms with van der Waals surface area (Å²) in [6, 6.07) is 8.84. The zero-order valence-corrected chi connectivity index (χ0v) is 9.66. The predicted octanol–water partition coefficient (Wildman–Crippen LogP) is 2.11. The Labute approximate surface area is 92.3 Å². The highest BCUT2D eigenvalue weighted by Gasteiger charge is 2.02. The highest BCUT2D eigenvalue weighted by Crippen LogP contribution is 2.05. The molecule has 2 nitrogen and oxygen atoms in total. The number of nitrogens with one attached hydrogen (secondary N) is 1. The van der Waals surface area contributed by atoms with Crippen molar-refractivity contribution < 1.29 is 5.11 Å². The molecule has 1 atom stereocenters. The first-order chi connectivity index (χ1) is 7.30. The Morgan fingerprint density at radius 1 is 1.13 bits per heavy atom. The molecule has 0 amide bonds. The Hall–Kier alpha value is -0.860. The average Bonchev–Trinajstić information content (AvgIpc) is 2.31. The molecule has 0 aliphatic rings. The van der Waals surface area contributed by atoms with E-state index >= 15 is 0 Å². The Kier molecular flexibility index (Phi) is 5.37. The molecule has 0 radical (unpaired) electrons. The molecular formula is C13H21NO. The number of hydrogen-bond acceptors (Lipinski definition) is 2. The molecule has 0 fully saturated rings. The summed E-state index contributed by atoms with van der Waals surface area (Å²) in [5.74, 6) is 0. The van der Waals surface area contributed by atoms with Crippen LogP contribution in [0.15, 0.2) is 24.3 Å². The van der Waals surface area contributed by atoms with Gasteiger partial charge in [0, 0.05) is 12.6 Å². The van der Waals surface area contributed by atoms with Crippen LogP contribution in [0.2, 0.25) is 0 Å². The number of benzene rings is 1. The van der Waals surface area contributed by atoms with Crippen LogP contribution >= 0.6 is 0 Å². The molecule has 1 rings (SSSR count). The van der Waals surface area contributed by atoms with Gasteiger partial charge in [-0.3, -0.25) is 0 Å². The largest absolute Gasteiger partial charge is 0.395 e. The van der Waals surface area contributed by atoms with Gasteiger partial charge < -0.3 is 10.4 Å². The maximum atomic E-state index is 9.02. The molecule has 1 aromatic rings. The van der Waals surface area contributed by atoms with E-state index in [-0.39, 0.29) is 12.6 Å². The summed E-state index contributed by atoms with van der Waals surface area (Å²) in [6.45, 7) is 5.28. The number of aliphatic hydroxyl groups excluding tert-OH is 1. The monoisotopic (exact) mass is 207 g/mol. The second-order valence-corrected chi connectivity index (χ2v) is 3.84. The van der Waals surface area contributed by atoms with Crippen LogP contribution in [0.4, 0.5) is 0 Å². The summed E-state index contributed by atoms with van der Waals surface area (Å²) >= 11 is 0. The van der Waals surface area contributed by atoms with Crippen LogP contribution in [0, 0.1) is 0 Å². The predicted molar refractivity (Wildman–Crippen MR) is 63.8 cm³/mol. The van der Waals surface area contributed by atoms with Gasteiger partial charge in [-0.05, 0) is 24.0 Å². The Morgan fingerprint density at radius 2 is 1.73 bits per heavy atom. The molecule has 15 heavy (non-hydrogen) atoms. The maximum absolute atomic E-state index is 9.02. The molecule has 0 saturated carbocycles. The van der Waals surface area contributed by atoms with E-state index in [9.17, 15) is 0 Å². The van der Waals surface area contributed by atoms with Crippen molar-refractivity contribution in [3.05, 3.63) is 35.4 Å². The van der Waals surface area contributed by atoms with Crippen molar-refractivity contribution in [3.63, 3.8) is 0 Å². The molecule has 0 unspecified atom stereocenters. The normalized spacial score (nSPS) is 12.7. The molecule has 84 valence electrons. The molecule has 0 aliphatic heterocycles. The molecule has 0 spiro atoms. The smallest absolute Gasteiger partial charge is 0.0584 e. The number of rotatable bonds is 6. The summed E-state index contributed by atoms with van der Waals surface area (Å²) in [6.07, 6.45) is 2.05. The molecule has 0 bridgehead atoms. The Morgan fingerprint density at radius 3 is 2.20 bits per heavy atom. The summed E-state index contributed by atoms with van der Waals surface area (Å²) in [4.78, 5) is 0. The molecular weight excluding hydrogens is 186 g/mol. The summed E-state index contributed by atoms with van der Waals surface area (Å²) in [5.41, 5.74) is 2.65. The van der Waals surface area contributed by atoms with E-state index in [2.05, 4.69) is 43.4 Å². The minimum Gasteiger partial charge on any atom is -0.395 e. The van der Waals surface area contributed by atoms with Gasteiger partial charge in [0.1, 0.15) is 0 Å². The number of aryl methyl sites for hydroxylation is 1. The fourth-order valence-electron chi connectivity index (χ4n) is 1.49. The van der Waals surface area contributed by atoms with Crippen molar-refractivity contribution in [2.45, 2.75) is 39.3 Å². The van der Waals surface area contributed by atoms with Gasteiger partial charge in [0.2, 0.25) is 0 Å². The van der Waals surface area contributed by atoms with Gasteiger partial charge in [-0.1, -0.05) is 38.1 Å². The van der Waals surface area contributed by atoms with Crippen molar-refractivity contribution >= 4 is 0 Å². The van der Waals surface area contributed by atoms with Gasteiger partial charge in [0.25, 0.3) is 0 Å². The molecule has 2 N–H and O–H groups in total. The van der Waals surface area contributed by atoms with Gasteiger partial charge in [-0.2, -0.15) is 0 Å².